The molecule has 0 saturated heterocycles. The number of anilines is 1. The van der Waals surface area contributed by atoms with Gasteiger partial charge >= 0.3 is 0 Å². The van der Waals surface area contributed by atoms with Gasteiger partial charge in [-0.15, -0.1) is 11.3 Å². The smallest absolute Gasteiger partial charge is 0.226 e. The van der Waals surface area contributed by atoms with Gasteiger partial charge < -0.3 is 10.1 Å². The number of aryl methyl sites for hydroxylation is 2. The average Bonchev–Trinajstić information content (AvgIpc) is 2.45. The summed E-state index contributed by atoms with van der Waals surface area (Å²) in [5.74, 6) is -0.407. The Labute approximate surface area is 92.7 Å². The number of hydrogen-bond acceptors (Lipinski definition) is 4. The first kappa shape index (κ1) is 11.8. The van der Waals surface area contributed by atoms with E-state index in [0.717, 1.165) is 16.9 Å². The van der Waals surface area contributed by atoms with E-state index < -0.39 is 0 Å². The van der Waals surface area contributed by atoms with Gasteiger partial charge in [0.15, 0.2) is 5.13 Å². The molecule has 82 valence electrons. The van der Waals surface area contributed by atoms with Crippen molar-refractivity contribution in [2.75, 3.05) is 5.32 Å². The molecule has 0 aliphatic heterocycles. The number of hydrogen-bond donors (Lipinski definition) is 1. The Morgan fingerprint density at radius 1 is 1.60 bits per heavy atom. The Kier molecular flexibility index (Phi) is 3.96. The highest BCUT2D eigenvalue weighted by Crippen LogP contribution is 2.21. The van der Waals surface area contributed by atoms with Gasteiger partial charge in [-0.3, -0.25) is 4.79 Å². The molecule has 1 amide bonds. The van der Waals surface area contributed by atoms with E-state index in [0.29, 0.717) is 5.13 Å². The Hall–Kier alpha value is -1.23. The lowest BCUT2D eigenvalue weighted by atomic mass is 10.1. The molecule has 1 N–H and O–H groups in total. The van der Waals surface area contributed by atoms with Crippen LogP contribution in [0, 0.1) is 19.8 Å². The van der Waals surface area contributed by atoms with Gasteiger partial charge in [-0.25, -0.2) is 4.98 Å². The maximum Gasteiger partial charge on any atom is 0.226 e. The van der Waals surface area contributed by atoms with Crippen LogP contribution in [0.5, 0.6) is 0 Å². The van der Waals surface area contributed by atoms with Crippen molar-refractivity contribution in [3.05, 3.63) is 10.6 Å². The molecule has 0 aliphatic rings. The summed E-state index contributed by atoms with van der Waals surface area (Å²) in [7, 11) is 0. The molecule has 0 aliphatic carbocycles. The number of nitrogens with zero attached hydrogens (tertiary/aromatic N) is 1. The van der Waals surface area contributed by atoms with Crippen molar-refractivity contribution in [3.8, 4) is 0 Å². The summed E-state index contributed by atoms with van der Waals surface area (Å²) in [5.41, 5.74) is 0.929. The number of carbonyl (C=O) groups is 2. The van der Waals surface area contributed by atoms with Crippen LogP contribution in [0.3, 0.4) is 0 Å². The Balaban J connectivity index is 2.55. The molecule has 4 nitrogen and oxygen atoms in total. The highest BCUT2D eigenvalue weighted by Gasteiger charge is 2.10. The van der Waals surface area contributed by atoms with Crippen molar-refractivity contribution in [2.24, 2.45) is 5.92 Å². The zero-order chi connectivity index (χ0) is 11.4. The number of rotatable bonds is 4. The van der Waals surface area contributed by atoms with E-state index in [1.807, 2.05) is 13.8 Å². The van der Waals surface area contributed by atoms with Crippen molar-refractivity contribution in [1.29, 1.82) is 0 Å². The number of amides is 1. The molecule has 0 bridgehead atoms. The minimum atomic E-state index is -0.243. The van der Waals surface area contributed by atoms with E-state index in [4.69, 9.17) is 0 Å². The van der Waals surface area contributed by atoms with Crippen molar-refractivity contribution < 1.29 is 9.59 Å². The highest BCUT2D eigenvalue weighted by atomic mass is 32.1. The minimum Gasteiger partial charge on any atom is -0.303 e. The summed E-state index contributed by atoms with van der Waals surface area (Å²) in [6.45, 7) is 5.57. The molecule has 1 rings (SSSR count). The van der Waals surface area contributed by atoms with Crippen LogP contribution >= 0.6 is 11.3 Å². The maximum absolute atomic E-state index is 11.4. The molecule has 0 saturated carbocycles. The lowest BCUT2D eigenvalue weighted by molar-refractivity contribution is -0.120. The predicted molar refractivity (Wildman–Crippen MR) is 60.1 cm³/mol. The Morgan fingerprint density at radius 2 is 2.27 bits per heavy atom. The van der Waals surface area contributed by atoms with Gasteiger partial charge in [-0.1, -0.05) is 6.92 Å². The van der Waals surface area contributed by atoms with E-state index in [1.165, 1.54) is 11.3 Å². The molecule has 0 radical (unpaired) electrons. The molecule has 1 unspecified atom stereocenters. The fraction of sp³-hybridized carbons (Fsp3) is 0.500. The fourth-order valence-corrected chi connectivity index (χ4v) is 1.87. The number of nitrogens with one attached hydrogen (secondary N) is 1. The summed E-state index contributed by atoms with van der Waals surface area (Å²) in [5, 5.41) is 3.28. The van der Waals surface area contributed by atoms with E-state index in [2.05, 4.69) is 10.3 Å². The zero-order valence-corrected chi connectivity index (χ0v) is 9.85. The molecular formula is C10H14N2O2S. The molecular weight excluding hydrogens is 212 g/mol. The predicted octanol–water partition coefficient (Wildman–Crippen LogP) is 1.92. The van der Waals surface area contributed by atoms with E-state index in [-0.39, 0.29) is 18.2 Å². The van der Waals surface area contributed by atoms with Gasteiger partial charge in [-0.05, 0) is 13.8 Å². The second-order valence-electron chi connectivity index (χ2n) is 3.53. The number of aldehydes is 1. The SMILES string of the molecule is Cc1nc(NC(=O)CC(C)C=O)sc1C. The summed E-state index contributed by atoms with van der Waals surface area (Å²) in [4.78, 5) is 27.0. The van der Waals surface area contributed by atoms with E-state index in [9.17, 15) is 9.59 Å². The van der Waals surface area contributed by atoms with Gasteiger partial charge in [0.25, 0.3) is 0 Å². The van der Waals surface area contributed by atoms with Crippen LogP contribution in [0.25, 0.3) is 0 Å². The lowest BCUT2D eigenvalue weighted by Crippen LogP contribution is -2.15. The van der Waals surface area contributed by atoms with Crippen molar-refractivity contribution in [3.63, 3.8) is 0 Å². The van der Waals surface area contributed by atoms with Gasteiger partial charge in [-0.2, -0.15) is 0 Å². The van der Waals surface area contributed by atoms with Crippen molar-refractivity contribution in [1.82, 2.24) is 4.98 Å². The molecule has 15 heavy (non-hydrogen) atoms. The fourth-order valence-electron chi connectivity index (χ4n) is 1.04. The van der Waals surface area contributed by atoms with Crippen molar-refractivity contribution >= 4 is 28.7 Å². The summed E-state index contributed by atoms with van der Waals surface area (Å²) >= 11 is 1.45. The first-order valence-electron chi connectivity index (χ1n) is 4.72. The molecule has 5 heteroatoms. The average molecular weight is 226 g/mol. The third-order valence-electron chi connectivity index (χ3n) is 2.01. The molecule has 0 spiro atoms. The quantitative estimate of drug-likeness (QED) is 0.798. The third kappa shape index (κ3) is 3.43. The molecule has 1 aromatic heterocycles. The monoisotopic (exact) mass is 226 g/mol. The maximum atomic E-state index is 11.4. The van der Waals surface area contributed by atoms with Crippen LogP contribution < -0.4 is 5.32 Å². The zero-order valence-electron chi connectivity index (χ0n) is 9.03. The topological polar surface area (TPSA) is 59.1 Å². The van der Waals surface area contributed by atoms with Crippen molar-refractivity contribution in [2.45, 2.75) is 27.2 Å². The molecule has 0 aromatic carbocycles. The van der Waals surface area contributed by atoms with Gasteiger partial charge in [0.1, 0.15) is 6.29 Å². The summed E-state index contributed by atoms with van der Waals surface area (Å²) in [6.07, 6.45) is 0.985. The Bertz CT molecular complexity index is 354. The van der Waals surface area contributed by atoms with E-state index >= 15 is 0 Å². The van der Waals surface area contributed by atoms with Crippen LogP contribution in [-0.4, -0.2) is 17.2 Å². The molecule has 1 heterocycles. The largest absolute Gasteiger partial charge is 0.303 e. The number of aromatic nitrogens is 1. The number of thiazole rings is 1. The standard InChI is InChI=1S/C10H14N2O2S/c1-6(5-13)4-9(14)12-10-11-7(2)8(3)15-10/h5-6H,4H2,1-3H3,(H,11,12,14). The third-order valence-corrected chi connectivity index (χ3v) is 3.00. The minimum absolute atomic E-state index is 0.164. The highest BCUT2D eigenvalue weighted by molar-refractivity contribution is 7.15. The van der Waals surface area contributed by atoms with Gasteiger partial charge in [0.2, 0.25) is 5.91 Å². The molecule has 0 fully saturated rings. The summed E-state index contributed by atoms with van der Waals surface area (Å²) < 4.78 is 0. The van der Waals surface area contributed by atoms with Crippen LogP contribution in [-0.2, 0) is 9.59 Å². The van der Waals surface area contributed by atoms with Gasteiger partial charge in [0, 0.05) is 17.2 Å². The molecule has 1 atom stereocenters. The Morgan fingerprint density at radius 3 is 2.73 bits per heavy atom. The van der Waals surface area contributed by atoms with Crippen LogP contribution in [0.1, 0.15) is 23.9 Å². The van der Waals surface area contributed by atoms with Crippen LogP contribution in [0.15, 0.2) is 0 Å². The van der Waals surface area contributed by atoms with Crippen LogP contribution in [0.4, 0.5) is 5.13 Å². The second kappa shape index (κ2) is 5.02. The lowest BCUT2D eigenvalue weighted by Gasteiger charge is -2.02. The first-order valence-corrected chi connectivity index (χ1v) is 5.53. The summed E-state index contributed by atoms with van der Waals surface area (Å²) in [6, 6.07) is 0. The second-order valence-corrected chi connectivity index (χ2v) is 4.73. The van der Waals surface area contributed by atoms with Crippen LogP contribution in [0.2, 0.25) is 0 Å². The number of carbonyl (C=O) groups excluding carboxylic acids is 2. The molecule has 1 aromatic rings. The van der Waals surface area contributed by atoms with Gasteiger partial charge in [0.05, 0.1) is 5.69 Å². The normalized spacial score (nSPS) is 12.2. The first-order chi connectivity index (χ1) is 7.02. The van der Waals surface area contributed by atoms with E-state index in [1.54, 1.807) is 6.92 Å².